The topological polar surface area (TPSA) is 20.2 Å². The Bertz CT molecular complexity index is 559. The Morgan fingerprint density at radius 3 is 2.42 bits per heavy atom. The number of rotatable bonds is 2. The Balaban J connectivity index is 2.08. The fraction of sp³-hybridized carbons (Fsp3) is 0.333. The Morgan fingerprint density at radius 1 is 0.947 bits per heavy atom. The maximum Gasteiger partial charge on any atom is 0.0546 e. The van der Waals surface area contributed by atoms with Crippen LogP contribution in [0.2, 0.25) is 0 Å². The Morgan fingerprint density at radius 2 is 1.74 bits per heavy atom. The molecule has 0 radical (unpaired) electrons. The summed E-state index contributed by atoms with van der Waals surface area (Å²) in [5.74, 6) is 0.505. The molecule has 1 aliphatic carbocycles. The average Bonchev–Trinajstić information content (AvgIpc) is 2.86. The molecule has 19 heavy (non-hydrogen) atoms. The Hall–Kier alpha value is -1.60. The zero-order valence-electron chi connectivity index (χ0n) is 11.3. The minimum atomic E-state index is -0.117. The first kappa shape index (κ1) is 12.4. The molecule has 2 aromatic carbocycles. The lowest BCUT2D eigenvalue weighted by Crippen LogP contribution is -2.02. The van der Waals surface area contributed by atoms with Crippen molar-refractivity contribution in [2.45, 2.75) is 38.2 Å². The molecule has 0 spiro atoms. The molecule has 2 atom stereocenters. The van der Waals surface area contributed by atoms with Crippen LogP contribution in [0, 0.1) is 6.92 Å². The SMILES string of the molecule is Cc1cccc(C2CCC(O)C2)c1-c1ccccc1. The fourth-order valence-corrected chi connectivity index (χ4v) is 3.27. The first-order valence-electron chi connectivity index (χ1n) is 7.08. The lowest BCUT2D eigenvalue weighted by atomic mass is 9.87. The number of aryl methyl sites for hydroxylation is 1. The van der Waals surface area contributed by atoms with Crippen LogP contribution in [0.4, 0.5) is 0 Å². The minimum Gasteiger partial charge on any atom is -0.393 e. The molecule has 2 unspecified atom stereocenters. The van der Waals surface area contributed by atoms with Gasteiger partial charge in [-0.25, -0.2) is 0 Å². The van der Waals surface area contributed by atoms with Gasteiger partial charge in [-0.1, -0.05) is 48.5 Å². The summed E-state index contributed by atoms with van der Waals surface area (Å²) in [6, 6.07) is 17.1. The second-order valence-electron chi connectivity index (χ2n) is 5.57. The average molecular weight is 252 g/mol. The van der Waals surface area contributed by atoms with Crippen LogP contribution in [-0.2, 0) is 0 Å². The van der Waals surface area contributed by atoms with Gasteiger partial charge in [0, 0.05) is 0 Å². The summed E-state index contributed by atoms with van der Waals surface area (Å²) < 4.78 is 0. The normalized spacial score (nSPS) is 22.6. The third-order valence-corrected chi connectivity index (χ3v) is 4.21. The van der Waals surface area contributed by atoms with Gasteiger partial charge in [-0.15, -0.1) is 0 Å². The van der Waals surface area contributed by atoms with Crippen LogP contribution in [-0.4, -0.2) is 11.2 Å². The Labute approximate surface area is 114 Å². The van der Waals surface area contributed by atoms with Crippen molar-refractivity contribution in [3.05, 3.63) is 59.7 Å². The van der Waals surface area contributed by atoms with Crippen LogP contribution in [0.15, 0.2) is 48.5 Å². The van der Waals surface area contributed by atoms with Crippen molar-refractivity contribution in [1.82, 2.24) is 0 Å². The maximum absolute atomic E-state index is 9.79. The summed E-state index contributed by atoms with van der Waals surface area (Å²) in [5, 5.41) is 9.79. The summed E-state index contributed by atoms with van der Waals surface area (Å²) in [5.41, 5.74) is 5.38. The number of hydrogen-bond donors (Lipinski definition) is 1. The molecular formula is C18H20O. The van der Waals surface area contributed by atoms with E-state index >= 15 is 0 Å². The summed E-state index contributed by atoms with van der Waals surface area (Å²) in [4.78, 5) is 0. The molecule has 0 bridgehead atoms. The quantitative estimate of drug-likeness (QED) is 0.845. The largest absolute Gasteiger partial charge is 0.393 e. The zero-order valence-corrected chi connectivity index (χ0v) is 11.3. The van der Waals surface area contributed by atoms with E-state index in [2.05, 4.69) is 55.5 Å². The van der Waals surface area contributed by atoms with Crippen LogP contribution in [0.5, 0.6) is 0 Å². The summed E-state index contributed by atoms with van der Waals surface area (Å²) >= 11 is 0. The monoisotopic (exact) mass is 252 g/mol. The van der Waals surface area contributed by atoms with Crippen molar-refractivity contribution in [2.75, 3.05) is 0 Å². The second-order valence-corrected chi connectivity index (χ2v) is 5.57. The predicted octanol–water partition coefficient (Wildman–Crippen LogP) is 4.29. The maximum atomic E-state index is 9.79. The molecular weight excluding hydrogens is 232 g/mol. The lowest BCUT2D eigenvalue weighted by molar-refractivity contribution is 0.181. The van der Waals surface area contributed by atoms with Gasteiger partial charge in [0.2, 0.25) is 0 Å². The van der Waals surface area contributed by atoms with E-state index in [-0.39, 0.29) is 6.10 Å². The molecule has 0 heterocycles. The first-order valence-corrected chi connectivity index (χ1v) is 7.08. The van der Waals surface area contributed by atoms with Crippen molar-refractivity contribution in [1.29, 1.82) is 0 Å². The third-order valence-electron chi connectivity index (χ3n) is 4.21. The van der Waals surface area contributed by atoms with Gasteiger partial charge in [0.1, 0.15) is 0 Å². The second kappa shape index (κ2) is 5.18. The highest BCUT2D eigenvalue weighted by Crippen LogP contribution is 2.40. The summed E-state index contributed by atoms with van der Waals surface area (Å²) in [6.07, 6.45) is 2.83. The van der Waals surface area contributed by atoms with Gasteiger partial charge in [0.15, 0.2) is 0 Å². The Kier molecular flexibility index (Phi) is 3.39. The lowest BCUT2D eigenvalue weighted by Gasteiger charge is -2.18. The van der Waals surface area contributed by atoms with E-state index in [4.69, 9.17) is 0 Å². The molecule has 0 aromatic heterocycles. The van der Waals surface area contributed by atoms with E-state index < -0.39 is 0 Å². The minimum absolute atomic E-state index is 0.117. The zero-order chi connectivity index (χ0) is 13.2. The number of hydrogen-bond acceptors (Lipinski definition) is 1. The molecule has 1 fully saturated rings. The van der Waals surface area contributed by atoms with Gasteiger partial charge < -0.3 is 5.11 Å². The van der Waals surface area contributed by atoms with E-state index in [0.29, 0.717) is 5.92 Å². The van der Waals surface area contributed by atoms with Crippen LogP contribution < -0.4 is 0 Å². The molecule has 0 amide bonds. The van der Waals surface area contributed by atoms with Gasteiger partial charge in [0.05, 0.1) is 6.10 Å². The molecule has 2 aromatic rings. The van der Waals surface area contributed by atoms with Crippen LogP contribution >= 0.6 is 0 Å². The molecule has 1 nitrogen and oxygen atoms in total. The van der Waals surface area contributed by atoms with E-state index in [0.717, 1.165) is 19.3 Å². The van der Waals surface area contributed by atoms with Gasteiger partial charge in [-0.2, -0.15) is 0 Å². The van der Waals surface area contributed by atoms with E-state index in [1.807, 2.05) is 0 Å². The van der Waals surface area contributed by atoms with Crippen molar-refractivity contribution >= 4 is 0 Å². The molecule has 1 N–H and O–H groups in total. The molecule has 0 aliphatic heterocycles. The van der Waals surface area contributed by atoms with Crippen LogP contribution in [0.3, 0.4) is 0 Å². The van der Waals surface area contributed by atoms with Crippen molar-refractivity contribution in [3.8, 4) is 11.1 Å². The van der Waals surface area contributed by atoms with E-state index in [9.17, 15) is 5.11 Å². The van der Waals surface area contributed by atoms with Gasteiger partial charge >= 0.3 is 0 Å². The molecule has 1 saturated carbocycles. The molecule has 1 aliphatic rings. The van der Waals surface area contributed by atoms with Crippen molar-refractivity contribution in [3.63, 3.8) is 0 Å². The van der Waals surface area contributed by atoms with Crippen LogP contribution in [0.25, 0.3) is 11.1 Å². The number of aliphatic hydroxyl groups excluding tert-OH is 1. The first-order chi connectivity index (χ1) is 9.25. The smallest absolute Gasteiger partial charge is 0.0546 e. The standard InChI is InChI=1S/C18H20O/c1-13-6-5-9-17(15-10-11-16(19)12-15)18(13)14-7-3-2-4-8-14/h2-9,15-16,19H,10-12H2,1H3. The van der Waals surface area contributed by atoms with Gasteiger partial charge in [0.25, 0.3) is 0 Å². The van der Waals surface area contributed by atoms with Crippen molar-refractivity contribution < 1.29 is 5.11 Å². The highest BCUT2D eigenvalue weighted by Gasteiger charge is 2.26. The molecule has 0 saturated heterocycles. The van der Waals surface area contributed by atoms with Gasteiger partial charge in [-0.05, 0) is 54.4 Å². The van der Waals surface area contributed by atoms with Crippen molar-refractivity contribution in [2.24, 2.45) is 0 Å². The van der Waals surface area contributed by atoms with Gasteiger partial charge in [-0.3, -0.25) is 0 Å². The third kappa shape index (κ3) is 2.43. The molecule has 3 rings (SSSR count). The predicted molar refractivity (Wildman–Crippen MR) is 79.2 cm³/mol. The number of aliphatic hydroxyl groups is 1. The van der Waals surface area contributed by atoms with Crippen LogP contribution in [0.1, 0.15) is 36.3 Å². The highest BCUT2D eigenvalue weighted by molar-refractivity contribution is 5.71. The van der Waals surface area contributed by atoms with E-state index in [1.165, 1.54) is 22.3 Å². The highest BCUT2D eigenvalue weighted by atomic mass is 16.3. The summed E-state index contributed by atoms with van der Waals surface area (Å²) in [6.45, 7) is 2.18. The summed E-state index contributed by atoms with van der Waals surface area (Å²) in [7, 11) is 0. The number of benzene rings is 2. The molecule has 1 heteroatoms. The molecule has 98 valence electrons. The fourth-order valence-electron chi connectivity index (χ4n) is 3.27. The van der Waals surface area contributed by atoms with E-state index in [1.54, 1.807) is 0 Å².